The van der Waals surface area contributed by atoms with E-state index >= 15 is 0 Å². The highest BCUT2D eigenvalue weighted by Gasteiger charge is 2.09. The lowest BCUT2D eigenvalue weighted by Gasteiger charge is -2.06. The number of benzene rings is 2. The van der Waals surface area contributed by atoms with Crippen LogP contribution in [0.4, 0.5) is 0 Å². The molecule has 2 N–H and O–H groups in total. The monoisotopic (exact) mass is 263 g/mol. The van der Waals surface area contributed by atoms with Gasteiger partial charge < -0.3 is 4.98 Å². The maximum Gasteiger partial charge on any atom is 0.326 e. The smallest absolute Gasteiger partial charge is 0.306 e. The molecule has 0 spiro atoms. The summed E-state index contributed by atoms with van der Waals surface area (Å²) in [6.45, 7) is 0. The first-order valence-electron chi connectivity index (χ1n) is 6.17. The van der Waals surface area contributed by atoms with Crippen LogP contribution in [-0.2, 0) is 0 Å². The van der Waals surface area contributed by atoms with Crippen LogP contribution < -0.4 is 11.2 Å². The van der Waals surface area contributed by atoms with Gasteiger partial charge in [0.25, 0.3) is 5.56 Å². The first kappa shape index (κ1) is 10.9. The summed E-state index contributed by atoms with van der Waals surface area (Å²) in [6, 6.07) is 11.2. The van der Waals surface area contributed by atoms with Gasteiger partial charge in [0, 0.05) is 17.0 Å². The van der Waals surface area contributed by atoms with E-state index in [1.807, 2.05) is 24.3 Å². The van der Waals surface area contributed by atoms with E-state index in [0.717, 1.165) is 21.7 Å². The number of hydrogen-bond donors (Lipinski definition) is 2. The van der Waals surface area contributed by atoms with Crippen molar-refractivity contribution in [3.8, 4) is 0 Å². The Hall–Kier alpha value is -2.95. The predicted molar refractivity (Wildman–Crippen MR) is 78.0 cm³/mol. The lowest BCUT2D eigenvalue weighted by Crippen LogP contribution is -2.21. The van der Waals surface area contributed by atoms with Gasteiger partial charge in [-0.25, -0.2) is 4.79 Å². The maximum atomic E-state index is 11.9. The Morgan fingerprint density at radius 2 is 1.75 bits per heavy atom. The molecule has 0 atom stereocenters. The van der Waals surface area contributed by atoms with Crippen LogP contribution >= 0.6 is 0 Å². The SMILES string of the molecule is O=c1[nH]c(=O)c2ccc3ncc4ccccc4c3c2[nH]1. The number of rotatable bonds is 0. The van der Waals surface area contributed by atoms with Crippen LogP contribution in [0, 0.1) is 0 Å². The lowest BCUT2D eigenvalue weighted by molar-refractivity contribution is 1.08. The van der Waals surface area contributed by atoms with Gasteiger partial charge in [0.2, 0.25) is 0 Å². The van der Waals surface area contributed by atoms with Crippen LogP contribution in [0.3, 0.4) is 0 Å². The van der Waals surface area contributed by atoms with E-state index in [1.165, 1.54) is 0 Å². The number of fused-ring (bicyclic) bond motifs is 5. The molecule has 0 amide bonds. The van der Waals surface area contributed by atoms with Crippen LogP contribution in [0.1, 0.15) is 0 Å². The molecule has 0 aliphatic heterocycles. The van der Waals surface area contributed by atoms with Gasteiger partial charge >= 0.3 is 5.69 Å². The van der Waals surface area contributed by atoms with E-state index in [0.29, 0.717) is 10.9 Å². The molecule has 0 unspecified atom stereocenters. The normalized spacial score (nSPS) is 11.4. The number of aromatic amines is 2. The average Bonchev–Trinajstić information content (AvgIpc) is 2.46. The van der Waals surface area contributed by atoms with Gasteiger partial charge in [-0.05, 0) is 17.5 Å². The van der Waals surface area contributed by atoms with Crippen LogP contribution in [0.2, 0.25) is 0 Å². The Morgan fingerprint density at radius 3 is 2.65 bits per heavy atom. The van der Waals surface area contributed by atoms with Gasteiger partial charge in [0.05, 0.1) is 16.4 Å². The molecule has 4 aromatic rings. The third kappa shape index (κ3) is 1.40. The minimum Gasteiger partial charge on any atom is -0.306 e. The predicted octanol–water partition coefficient (Wildman–Crippen LogP) is 1.92. The first-order valence-corrected chi connectivity index (χ1v) is 6.17. The molecule has 20 heavy (non-hydrogen) atoms. The van der Waals surface area contributed by atoms with Crippen molar-refractivity contribution in [2.75, 3.05) is 0 Å². The van der Waals surface area contributed by atoms with E-state index in [2.05, 4.69) is 15.0 Å². The summed E-state index contributed by atoms with van der Waals surface area (Å²) in [5, 5.41) is 3.18. The van der Waals surface area contributed by atoms with Gasteiger partial charge in [-0.3, -0.25) is 14.8 Å². The standard InChI is InChI=1S/C15H9N3O2/c19-14-10-5-6-11-12(13(10)17-15(20)18-14)9-4-2-1-3-8(9)7-16-11/h1-7H,(H2,17,18,19,20). The summed E-state index contributed by atoms with van der Waals surface area (Å²) in [5.74, 6) is 0. The van der Waals surface area contributed by atoms with Gasteiger partial charge in [-0.2, -0.15) is 0 Å². The Morgan fingerprint density at radius 1 is 0.900 bits per heavy atom. The van der Waals surface area contributed by atoms with Gasteiger partial charge in [-0.15, -0.1) is 0 Å². The van der Waals surface area contributed by atoms with Gasteiger partial charge in [0.1, 0.15) is 0 Å². The number of hydrogen-bond acceptors (Lipinski definition) is 3. The number of nitrogens with zero attached hydrogens (tertiary/aromatic N) is 1. The van der Waals surface area contributed by atoms with E-state index in [4.69, 9.17) is 0 Å². The van der Waals surface area contributed by atoms with E-state index in [1.54, 1.807) is 18.3 Å². The maximum absolute atomic E-state index is 11.9. The molecule has 0 aliphatic rings. The van der Waals surface area contributed by atoms with Gasteiger partial charge in [0.15, 0.2) is 0 Å². The fourth-order valence-electron chi connectivity index (χ4n) is 2.58. The van der Waals surface area contributed by atoms with Gasteiger partial charge in [-0.1, -0.05) is 24.3 Å². The number of aromatic nitrogens is 3. The van der Waals surface area contributed by atoms with Crippen molar-refractivity contribution in [2.45, 2.75) is 0 Å². The number of pyridine rings is 1. The molecule has 0 fully saturated rings. The lowest BCUT2D eigenvalue weighted by atomic mass is 10.0. The third-order valence-electron chi connectivity index (χ3n) is 3.47. The molecule has 0 aliphatic carbocycles. The molecule has 0 bridgehead atoms. The second-order valence-electron chi connectivity index (χ2n) is 4.64. The minimum absolute atomic E-state index is 0.390. The van der Waals surface area contributed by atoms with Crippen molar-refractivity contribution < 1.29 is 0 Å². The Labute approximate surface area is 111 Å². The molecular formula is C15H9N3O2. The fraction of sp³-hybridized carbons (Fsp3) is 0. The van der Waals surface area contributed by atoms with Crippen LogP contribution in [0.15, 0.2) is 52.2 Å². The molecule has 5 heteroatoms. The third-order valence-corrected chi connectivity index (χ3v) is 3.47. The summed E-state index contributed by atoms with van der Waals surface area (Å²) in [4.78, 5) is 32.8. The molecule has 0 saturated heterocycles. The van der Waals surface area contributed by atoms with Crippen molar-refractivity contribution in [1.82, 2.24) is 15.0 Å². The summed E-state index contributed by atoms with van der Waals surface area (Å²) < 4.78 is 0. The molecule has 2 heterocycles. The highest BCUT2D eigenvalue weighted by Crippen LogP contribution is 2.27. The molecule has 0 saturated carbocycles. The minimum atomic E-state index is -0.511. The molecule has 4 rings (SSSR count). The number of nitrogens with one attached hydrogen (secondary N) is 2. The van der Waals surface area contributed by atoms with E-state index in [-0.39, 0.29) is 0 Å². The highest BCUT2D eigenvalue weighted by molar-refractivity contribution is 6.17. The quantitative estimate of drug-likeness (QED) is 0.476. The topological polar surface area (TPSA) is 78.6 Å². The largest absolute Gasteiger partial charge is 0.326 e. The fourth-order valence-corrected chi connectivity index (χ4v) is 2.58. The van der Waals surface area contributed by atoms with Crippen molar-refractivity contribution in [3.05, 3.63) is 63.4 Å². The van der Waals surface area contributed by atoms with Crippen LogP contribution in [0.25, 0.3) is 32.6 Å². The molecule has 0 radical (unpaired) electrons. The molecule has 2 aromatic heterocycles. The zero-order valence-electron chi connectivity index (χ0n) is 10.3. The zero-order valence-corrected chi connectivity index (χ0v) is 10.3. The summed E-state index contributed by atoms with van der Waals surface area (Å²) in [5.41, 5.74) is 0.375. The van der Waals surface area contributed by atoms with Crippen LogP contribution in [0.5, 0.6) is 0 Å². The van der Waals surface area contributed by atoms with Crippen molar-refractivity contribution >= 4 is 32.6 Å². The molecular weight excluding hydrogens is 254 g/mol. The van der Waals surface area contributed by atoms with Crippen molar-refractivity contribution in [2.24, 2.45) is 0 Å². The summed E-state index contributed by atoms with van der Waals surface area (Å²) in [6.07, 6.45) is 1.79. The zero-order chi connectivity index (χ0) is 13.7. The molecule has 96 valence electrons. The Balaban J connectivity index is 2.43. The second kappa shape index (κ2) is 3.77. The average molecular weight is 263 g/mol. The van der Waals surface area contributed by atoms with E-state index < -0.39 is 11.2 Å². The second-order valence-corrected chi connectivity index (χ2v) is 4.64. The van der Waals surface area contributed by atoms with Crippen molar-refractivity contribution in [3.63, 3.8) is 0 Å². The summed E-state index contributed by atoms with van der Waals surface area (Å²) in [7, 11) is 0. The number of H-pyrrole nitrogens is 2. The van der Waals surface area contributed by atoms with Crippen molar-refractivity contribution in [1.29, 1.82) is 0 Å². The molecule has 2 aromatic carbocycles. The first-order chi connectivity index (χ1) is 9.74. The van der Waals surface area contributed by atoms with E-state index in [9.17, 15) is 9.59 Å². The molecule has 5 nitrogen and oxygen atoms in total. The Kier molecular flexibility index (Phi) is 2.06. The van der Waals surface area contributed by atoms with Crippen LogP contribution in [-0.4, -0.2) is 15.0 Å². The Bertz CT molecular complexity index is 1090. The highest BCUT2D eigenvalue weighted by atomic mass is 16.2. The summed E-state index contributed by atoms with van der Waals surface area (Å²) >= 11 is 0.